The fourth-order valence-corrected chi connectivity index (χ4v) is 4.66. The Morgan fingerprint density at radius 3 is 2.30 bits per heavy atom. The maximum atomic E-state index is 12.4. The molecular formula is C23H24N2O3S2. The summed E-state index contributed by atoms with van der Waals surface area (Å²) < 4.78 is 5.71. The molecule has 1 N–H and O–H groups in total. The summed E-state index contributed by atoms with van der Waals surface area (Å²) in [7, 11) is 0. The third kappa shape index (κ3) is 6.71. The van der Waals surface area contributed by atoms with Crippen LogP contribution in [0.15, 0.2) is 70.4 Å². The molecule has 0 aliphatic heterocycles. The van der Waals surface area contributed by atoms with Crippen LogP contribution in [0.4, 0.5) is 0 Å². The molecule has 0 fully saturated rings. The maximum absolute atomic E-state index is 12.4. The summed E-state index contributed by atoms with van der Waals surface area (Å²) in [5.74, 6) is 0.0456. The van der Waals surface area contributed by atoms with E-state index < -0.39 is 0 Å². The van der Waals surface area contributed by atoms with Gasteiger partial charge in [-0.25, -0.2) is 4.98 Å². The highest BCUT2D eigenvalue weighted by atomic mass is 32.2. The van der Waals surface area contributed by atoms with Crippen LogP contribution in [-0.4, -0.2) is 35.8 Å². The van der Waals surface area contributed by atoms with Gasteiger partial charge in [-0.2, -0.15) is 0 Å². The number of esters is 1. The van der Waals surface area contributed by atoms with E-state index in [2.05, 4.69) is 34.6 Å². The number of thioether (sulfide) groups is 1. The lowest BCUT2D eigenvalue weighted by molar-refractivity contribution is -0.142. The van der Waals surface area contributed by atoms with Crippen molar-refractivity contribution in [3.05, 3.63) is 82.9 Å². The van der Waals surface area contributed by atoms with Crippen molar-refractivity contribution >= 4 is 35.0 Å². The average molecular weight is 441 g/mol. The molecule has 0 radical (unpaired) electrons. The Labute approximate surface area is 184 Å². The highest BCUT2D eigenvalue weighted by Gasteiger charge is 2.16. The number of aromatic nitrogens is 1. The van der Waals surface area contributed by atoms with Gasteiger partial charge in [0.1, 0.15) is 0 Å². The fraction of sp³-hybridized carbons (Fsp3) is 0.261. The normalized spacial score (nSPS) is 10.7. The summed E-state index contributed by atoms with van der Waals surface area (Å²) in [6.07, 6.45) is 0.160. The van der Waals surface area contributed by atoms with Crippen LogP contribution in [0, 0.1) is 0 Å². The molecule has 0 saturated heterocycles. The Balaban J connectivity index is 1.53. The van der Waals surface area contributed by atoms with Crippen molar-refractivity contribution in [1.29, 1.82) is 0 Å². The summed E-state index contributed by atoms with van der Waals surface area (Å²) in [4.78, 5) is 28.4. The summed E-state index contributed by atoms with van der Waals surface area (Å²) in [5, 5.41) is 4.88. The highest BCUT2D eigenvalue weighted by Crippen LogP contribution is 2.25. The van der Waals surface area contributed by atoms with E-state index in [1.165, 1.54) is 34.2 Å². The molecule has 0 atom stereocenters. The molecule has 3 aromatic rings. The second kappa shape index (κ2) is 11.5. The van der Waals surface area contributed by atoms with E-state index in [1.807, 2.05) is 41.8 Å². The maximum Gasteiger partial charge on any atom is 0.311 e. The number of hydrogen-bond donors (Lipinski definition) is 1. The van der Waals surface area contributed by atoms with Crippen molar-refractivity contribution in [2.45, 2.75) is 23.6 Å². The molecule has 1 heterocycles. The highest BCUT2D eigenvalue weighted by molar-refractivity contribution is 8.01. The monoisotopic (exact) mass is 440 g/mol. The average Bonchev–Trinajstić information content (AvgIpc) is 3.21. The van der Waals surface area contributed by atoms with Gasteiger partial charge in [0, 0.05) is 17.8 Å². The SMILES string of the molecule is CCOC(=O)Cc1csc(SCC(=O)NCC(c2ccccc2)c2ccccc2)n1. The molecule has 7 heteroatoms. The smallest absolute Gasteiger partial charge is 0.311 e. The van der Waals surface area contributed by atoms with Gasteiger partial charge in [0.15, 0.2) is 4.34 Å². The van der Waals surface area contributed by atoms with Crippen molar-refractivity contribution in [3.63, 3.8) is 0 Å². The standard InChI is InChI=1S/C23H24N2O3S2/c1-2-28-22(27)13-19-15-29-23(25-19)30-16-21(26)24-14-20(17-9-5-3-6-10-17)18-11-7-4-8-12-18/h3-12,15,20H,2,13-14,16H2,1H3,(H,24,26). The number of ether oxygens (including phenoxy) is 1. The van der Waals surface area contributed by atoms with Gasteiger partial charge in [0.25, 0.3) is 0 Å². The van der Waals surface area contributed by atoms with Gasteiger partial charge in [-0.05, 0) is 18.1 Å². The largest absolute Gasteiger partial charge is 0.466 e. The molecule has 0 unspecified atom stereocenters. The Bertz CT molecular complexity index is 906. The molecule has 3 rings (SSSR count). The molecule has 156 valence electrons. The minimum Gasteiger partial charge on any atom is -0.466 e. The summed E-state index contributed by atoms with van der Waals surface area (Å²) in [6.45, 7) is 2.66. The minimum atomic E-state index is -0.287. The molecule has 0 aliphatic carbocycles. The number of hydrogen-bond acceptors (Lipinski definition) is 6. The zero-order valence-electron chi connectivity index (χ0n) is 16.7. The molecule has 5 nitrogen and oxygen atoms in total. The Morgan fingerprint density at radius 2 is 1.70 bits per heavy atom. The molecule has 0 spiro atoms. The van der Waals surface area contributed by atoms with Crippen LogP contribution >= 0.6 is 23.1 Å². The third-order valence-electron chi connectivity index (χ3n) is 4.40. The van der Waals surface area contributed by atoms with E-state index in [-0.39, 0.29) is 30.0 Å². The van der Waals surface area contributed by atoms with Crippen molar-refractivity contribution in [2.24, 2.45) is 0 Å². The lowest BCUT2D eigenvalue weighted by Crippen LogP contribution is -2.30. The van der Waals surface area contributed by atoms with Gasteiger partial charge in [-0.15, -0.1) is 11.3 Å². The first-order valence-electron chi connectivity index (χ1n) is 9.75. The Morgan fingerprint density at radius 1 is 1.07 bits per heavy atom. The molecule has 2 aromatic carbocycles. The predicted octanol–water partition coefficient (Wildman–Crippen LogP) is 4.29. The van der Waals surface area contributed by atoms with Crippen LogP contribution in [0.2, 0.25) is 0 Å². The Hall–Kier alpha value is -2.64. The van der Waals surface area contributed by atoms with Gasteiger partial charge in [-0.1, -0.05) is 72.4 Å². The van der Waals surface area contributed by atoms with Crippen molar-refractivity contribution in [2.75, 3.05) is 18.9 Å². The van der Waals surface area contributed by atoms with E-state index in [0.29, 0.717) is 18.8 Å². The molecule has 1 amide bonds. The zero-order chi connectivity index (χ0) is 21.2. The number of carbonyl (C=O) groups excluding carboxylic acids is 2. The lowest BCUT2D eigenvalue weighted by Gasteiger charge is -2.18. The van der Waals surface area contributed by atoms with Crippen molar-refractivity contribution in [1.82, 2.24) is 10.3 Å². The second-order valence-electron chi connectivity index (χ2n) is 6.55. The van der Waals surface area contributed by atoms with Crippen LogP contribution in [0.5, 0.6) is 0 Å². The number of amides is 1. The summed E-state index contributed by atoms with van der Waals surface area (Å²) in [6, 6.07) is 20.4. The topological polar surface area (TPSA) is 68.3 Å². The number of nitrogens with one attached hydrogen (secondary N) is 1. The van der Waals surface area contributed by atoms with Crippen LogP contribution in [0.1, 0.15) is 29.7 Å². The van der Waals surface area contributed by atoms with Crippen LogP contribution in [0.25, 0.3) is 0 Å². The molecule has 0 saturated carbocycles. The van der Waals surface area contributed by atoms with Crippen molar-refractivity contribution < 1.29 is 14.3 Å². The quantitative estimate of drug-likeness (QED) is 0.376. The summed E-state index contributed by atoms with van der Waals surface area (Å²) in [5.41, 5.74) is 3.01. The molecule has 30 heavy (non-hydrogen) atoms. The number of rotatable bonds is 10. The minimum absolute atomic E-state index is 0.0426. The van der Waals surface area contributed by atoms with Crippen LogP contribution in [-0.2, 0) is 20.7 Å². The number of thiazole rings is 1. The van der Waals surface area contributed by atoms with Crippen LogP contribution in [0.3, 0.4) is 0 Å². The summed E-state index contributed by atoms with van der Waals surface area (Å²) >= 11 is 2.81. The third-order valence-corrected chi connectivity index (χ3v) is 6.47. The zero-order valence-corrected chi connectivity index (χ0v) is 18.4. The van der Waals surface area contributed by atoms with Gasteiger partial charge >= 0.3 is 5.97 Å². The van der Waals surface area contributed by atoms with Crippen LogP contribution < -0.4 is 5.32 Å². The number of nitrogens with zero attached hydrogens (tertiary/aromatic N) is 1. The molecule has 0 bridgehead atoms. The van der Waals surface area contributed by atoms with Crippen molar-refractivity contribution in [3.8, 4) is 0 Å². The van der Waals surface area contributed by atoms with E-state index in [0.717, 1.165) is 4.34 Å². The molecule has 1 aromatic heterocycles. The first-order valence-corrected chi connectivity index (χ1v) is 11.6. The number of carbonyl (C=O) groups is 2. The van der Waals surface area contributed by atoms with E-state index >= 15 is 0 Å². The number of benzene rings is 2. The molecular weight excluding hydrogens is 416 g/mol. The first kappa shape index (κ1) is 22.1. The molecule has 0 aliphatic rings. The van der Waals surface area contributed by atoms with E-state index in [9.17, 15) is 9.59 Å². The predicted molar refractivity (Wildman–Crippen MR) is 121 cm³/mol. The van der Waals surface area contributed by atoms with Gasteiger partial charge < -0.3 is 10.1 Å². The van der Waals surface area contributed by atoms with E-state index in [4.69, 9.17) is 4.74 Å². The van der Waals surface area contributed by atoms with Gasteiger partial charge in [0.05, 0.1) is 24.5 Å². The van der Waals surface area contributed by atoms with E-state index in [1.54, 1.807) is 6.92 Å². The fourth-order valence-electron chi connectivity index (χ4n) is 2.99. The Kier molecular flexibility index (Phi) is 8.47. The van der Waals surface area contributed by atoms with Gasteiger partial charge in [-0.3, -0.25) is 9.59 Å². The first-order chi connectivity index (χ1) is 14.7. The second-order valence-corrected chi connectivity index (χ2v) is 8.63. The lowest BCUT2D eigenvalue weighted by atomic mass is 9.91. The van der Waals surface area contributed by atoms with Gasteiger partial charge in [0.2, 0.25) is 5.91 Å².